The number of unbranched alkanes of at least 4 members (excludes halogenated alkanes) is 3. The second-order valence-corrected chi connectivity index (χ2v) is 6.52. The van der Waals surface area contributed by atoms with Crippen molar-refractivity contribution in [2.45, 2.75) is 57.8 Å². The molecule has 0 atom stereocenters. The van der Waals surface area contributed by atoms with Gasteiger partial charge in [-0.15, -0.1) is 0 Å². The molecule has 3 heteroatoms. The van der Waals surface area contributed by atoms with Gasteiger partial charge in [0.2, 0.25) is 0 Å². The molecule has 3 nitrogen and oxygen atoms in total. The molecule has 0 bridgehead atoms. The first-order chi connectivity index (χ1) is 12.2. The molecule has 0 N–H and O–H groups in total. The fraction of sp³-hybridized carbons (Fsp3) is 0.455. The third-order valence-corrected chi connectivity index (χ3v) is 4.60. The van der Waals surface area contributed by atoms with Crippen LogP contribution in [0, 0.1) is 0 Å². The number of benzene rings is 2. The van der Waals surface area contributed by atoms with Crippen molar-refractivity contribution in [3.8, 4) is 0 Å². The molecule has 134 valence electrons. The summed E-state index contributed by atoms with van der Waals surface area (Å²) in [6, 6.07) is 14.8. The molecule has 0 saturated carbocycles. The highest BCUT2D eigenvalue weighted by molar-refractivity contribution is 5.85. The number of methoxy groups -OCH3 is 1. The molecule has 2 aromatic carbocycles. The number of ketones is 1. The van der Waals surface area contributed by atoms with Crippen molar-refractivity contribution < 1.29 is 14.3 Å². The Bertz CT molecular complexity index is 685. The first-order valence-electron chi connectivity index (χ1n) is 9.26. The molecule has 0 fully saturated rings. The summed E-state index contributed by atoms with van der Waals surface area (Å²) in [5, 5.41) is 2.56. The smallest absolute Gasteiger partial charge is 0.305 e. The molecule has 0 aliphatic heterocycles. The van der Waals surface area contributed by atoms with E-state index in [9.17, 15) is 9.59 Å². The van der Waals surface area contributed by atoms with Crippen molar-refractivity contribution in [2.75, 3.05) is 7.11 Å². The summed E-state index contributed by atoms with van der Waals surface area (Å²) < 4.78 is 4.61. The maximum absolute atomic E-state index is 12.0. The van der Waals surface area contributed by atoms with E-state index in [-0.39, 0.29) is 5.97 Å². The van der Waals surface area contributed by atoms with Crippen LogP contribution in [-0.4, -0.2) is 18.9 Å². The minimum atomic E-state index is -0.149. The van der Waals surface area contributed by atoms with Crippen molar-refractivity contribution in [3.05, 3.63) is 48.0 Å². The molecule has 0 heterocycles. The highest BCUT2D eigenvalue weighted by atomic mass is 16.5. The molecule has 0 amide bonds. The van der Waals surface area contributed by atoms with Crippen LogP contribution >= 0.6 is 0 Å². The lowest BCUT2D eigenvalue weighted by Crippen LogP contribution is -2.00. The van der Waals surface area contributed by atoms with Crippen molar-refractivity contribution in [1.82, 2.24) is 0 Å². The summed E-state index contributed by atoms with van der Waals surface area (Å²) in [7, 11) is 1.42. The highest BCUT2D eigenvalue weighted by Crippen LogP contribution is 2.20. The Morgan fingerprint density at radius 2 is 1.48 bits per heavy atom. The maximum Gasteiger partial charge on any atom is 0.305 e. The van der Waals surface area contributed by atoms with Crippen LogP contribution in [0.5, 0.6) is 0 Å². The van der Waals surface area contributed by atoms with Gasteiger partial charge in [0.1, 0.15) is 5.78 Å². The van der Waals surface area contributed by atoms with Crippen LogP contribution in [0.3, 0.4) is 0 Å². The summed E-state index contributed by atoms with van der Waals surface area (Å²) in [5.41, 5.74) is 1.33. The molecular weight excluding hydrogens is 312 g/mol. The first-order valence-corrected chi connectivity index (χ1v) is 9.26. The number of esters is 1. The number of carbonyl (C=O) groups excluding carboxylic acids is 2. The fourth-order valence-corrected chi connectivity index (χ4v) is 3.16. The van der Waals surface area contributed by atoms with Gasteiger partial charge in [0.25, 0.3) is 0 Å². The Hall–Kier alpha value is -2.16. The molecule has 0 saturated heterocycles. The summed E-state index contributed by atoms with van der Waals surface area (Å²) in [6.07, 6.45) is 7.43. The average molecular weight is 340 g/mol. The number of carbonyl (C=O) groups is 2. The highest BCUT2D eigenvalue weighted by Gasteiger charge is 2.05. The van der Waals surface area contributed by atoms with E-state index >= 15 is 0 Å². The lowest BCUT2D eigenvalue weighted by atomic mass is 9.98. The van der Waals surface area contributed by atoms with E-state index in [1.807, 2.05) is 0 Å². The maximum atomic E-state index is 12.0. The van der Waals surface area contributed by atoms with E-state index < -0.39 is 0 Å². The van der Waals surface area contributed by atoms with Gasteiger partial charge in [-0.2, -0.15) is 0 Å². The van der Waals surface area contributed by atoms with E-state index in [2.05, 4.69) is 47.2 Å². The largest absolute Gasteiger partial charge is 0.469 e. The Morgan fingerprint density at radius 1 is 0.800 bits per heavy atom. The topological polar surface area (TPSA) is 43.4 Å². The van der Waals surface area contributed by atoms with Crippen LogP contribution in [0.15, 0.2) is 42.5 Å². The zero-order chi connectivity index (χ0) is 17.9. The Labute approximate surface area is 150 Å². The van der Waals surface area contributed by atoms with Gasteiger partial charge in [-0.1, -0.05) is 55.3 Å². The number of hydrogen-bond acceptors (Lipinski definition) is 3. The number of Topliss-reactive ketones (excluding diaryl/α,β-unsaturated/α-hetero) is 1. The molecule has 2 aromatic rings. The van der Waals surface area contributed by atoms with Gasteiger partial charge in [0.15, 0.2) is 0 Å². The zero-order valence-corrected chi connectivity index (χ0v) is 15.1. The average Bonchev–Trinajstić information content (AvgIpc) is 2.64. The van der Waals surface area contributed by atoms with Crippen LogP contribution < -0.4 is 0 Å². The van der Waals surface area contributed by atoms with E-state index in [4.69, 9.17) is 0 Å². The molecular formula is C22H28O3. The number of fused-ring (bicyclic) bond motifs is 1. The van der Waals surface area contributed by atoms with Crippen molar-refractivity contribution in [2.24, 2.45) is 0 Å². The van der Waals surface area contributed by atoms with Gasteiger partial charge >= 0.3 is 5.97 Å². The Morgan fingerprint density at radius 3 is 2.28 bits per heavy atom. The molecule has 0 unspecified atom stereocenters. The predicted octanol–water partition coefficient (Wildman–Crippen LogP) is 5.25. The third kappa shape index (κ3) is 6.69. The van der Waals surface area contributed by atoms with Gasteiger partial charge in [0.05, 0.1) is 7.11 Å². The minimum Gasteiger partial charge on any atom is -0.469 e. The first kappa shape index (κ1) is 19.2. The minimum absolute atomic E-state index is 0.149. The quantitative estimate of drug-likeness (QED) is 0.415. The standard InChI is InChI=1S/C22H28O3/c1-25-22(24)17-5-3-2-4-14-20(23)15-9-13-19-12-8-11-18-10-6-7-16-21(18)19/h6-8,10-12,16H,2-5,9,13-15,17H2,1H3. The number of hydrogen-bond donors (Lipinski definition) is 0. The second-order valence-electron chi connectivity index (χ2n) is 6.52. The van der Waals surface area contributed by atoms with Gasteiger partial charge in [0, 0.05) is 19.3 Å². The summed E-state index contributed by atoms with van der Waals surface area (Å²) >= 11 is 0. The molecule has 0 radical (unpaired) electrons. The Balaban J connectivity index is 1.61. The lowest BCUT2D eigenvalue weighted by Gasteiger charge is -2.06. The number of aryl methyl sites for hydroxylation is 1. The molecule has 0 aliphatic rings. The molecule has 0 spiro atoms. The van der Waals surface area contributed by atoms with Crippen LogP contribution in [0.25, 0.3) is 10.8 Å². The van der Waals surface area contributed by atoms with Crippen molar-refractivity contribution >= 4 is 22.5 Å². The monoisotopic (exact) mass is 340 g/mol. The molecule has 0 aliphatic carbocycles. The zero-order valence-electron chi connectivity index (χ0n) is 15.1. The molecule has 0 aromatic heterocycles. The van der Waals surface area contributed by atoms with Crippen LogP contribution in [0.4, 0.5) is 0 Å². The predicted molar refractivity (Wildman–Crippen MR) is 102 cm³/mol. The van der Waals surface area contributed by atoms with Crippen molar-refractivity contribution in [3.63, 3.8) is 0 Å². The van der Waals surface area contributed by atoms with E-state index in [0.29, 0.717) is 25.0 Å². The number of ether oxygens (including phenoxy) is 1. The van der Waals surface area contributed by atoms with E-state index in [1.54, 1.807) is 0 Å². The van der Waals surface area contributed by atoms with E-state index in [1.165, 1.54) is 23.4 Å². The van der Waals surface area contributed by atoms with Crippen molar-refractivity contribution in [1.29, 1.82) is 0 Å². The molecule has 2 rings (SSSR count). The third-order valence-electron chi connectivity index (χ3n) is 4.60. The molecule has 25 heavy (non-hydrogen) atoms. The van der Waals surface area contributed by atoms with Gasteiger partial charge < -0.3 is 4.74 Å². The van der Waals surface area contributed by atoms with Gasteiger partial charge in [-0.05, 0) is 42.0 Å². The Kier molecular flexibility index (Phi) is 8.17. The normalized spacial score (nSPS) is 10.8. The van der Waals surface area contributed by atoms with Crippen LogP contribution in [0.2, 0.25) is 0 Å². The van der Waals surface area contributed by atoms with Gasteiger partial charge in [-0.3, -0.25) is 9.59 Å². The summed E-state index contributed by atoms with van der Waals surface area (Å²) in [6.45, 7) is 0. The SMILES string of the molecule is COC(=O)CCCCCCC(=O)CCCc1cccc2ccccc12. The lowest BCUT2D eigenvalue weighted by molar-refractivity contribution is -0.140. The second kappa shape index (κ2) is 10.7. The fourth-order valence-electron chi connectivity index (χ4n) is 3.16. The van der Waals surface area contributed by atoms with Crippen LogP contribution in [0.1, 0.15) is 56.9 Å². The summed E-state index contributed by atoms with van der Waals surface area (Å²) in [5.74, 6) is 0.206. The van der Waals surface area contributed by atoms with Crippen LogP contribution in [-0.2, 0) is 20.7 Å². The van der Waals surface area contributed by atoms with E-state index in [0.717, 1.165) is 38.5 Å². The van der Waals surface area contributed by atoms with Gasteiger partial charge in [-0.25, -0.2) is 0 Å². The number of rotatable bonds is 11. The summed E-state index contributed by atoms with van der Waals surface area (Å²) in [4.78, 5) is 23.0.